The van der Waals surface area contributed by atoms with Gasteiger partial charge >= 0.3 is 0 Å². The molecule has 0 spiro atoms. The monoisotopic (exact) mass is 234 g/mol. The van der Waals surface area contributed by atoms with E-state index < -0.39 is 0 Å². The van der Waals surface area contributed by atoms with Crippen molar-refractivity contribution in [3.63, 3.8) is 0 Å². The number of amides is 1. The second-order valence-electron chi connectivity index (χ2n) is 4.58. The average molecular weight is 234 g/mol. The molecule has 1 N–H and O–H groups in total. The largest absolute Gasteiger partial charge is 0.469 e. The molecule has 1 aliphatic rings. The van der Waals surface area contributed by atoms with Gasteiger partial charge in [0.1, 0.15) is 5.76 Å². The molecule has 1 aromatic heterocycles. The van der Waals surface area contributed by atoms with E-state index in [2.05, 4.69) is 17.5 Å². The van der Waals surface area contributed by atoms with Crippen molar-refractivity contribution >= 4 is 11.6 Å². The summed E-state index contributed by atoms with van der Waals surface area (Å²) in [7, 11) is 0. The number of hydrazone groups is 1. The zero-order valence-electron chi connectivity index (χ0n) is 10.3. The maximum absolute atomic E-state index is 11.8. The van der Waals surface area contributed by atoms with Crippen molar-refractivity contribution < 1.29 is 9.21 Å². The van der Waals surface area contributed by atoms with Crippen molar-refractivity contribution in [3.8, 4) is 0 Å². The van der Waals surface area contributed by atoms with Crippen LogP contribution in [0.15, 0.2) is 21.8 Å². The summed E-state index contributed by atoms with van der Waals surface area (Å²) in [4.78, 5) is 11.8. The predicted molar refractivity (Wildman–Crippen MR) is 66.0 cm³/mol. The molecule has 0 radical (unpaired) electrons. The van der Waals surface area contributed by atoms with Crippen molar-refractivity contribution in [2.75, 3.05) is 0 Å². The molecule has 0 bridgehead atoms. The first-order valence-electron chi connectivity index (χ1n) is 6.09. The van der Waals surface area contributed by atoms with Gasteiger partial charge in [-0.15, -0.1) is 0 Å². The van der Waals surface area contributed by atoms with Crippen molar-refractivity contribution in [1.82, 2.24) is 5.43 Å². The van der Waals surface area contributed by atoms with Crippen molar-refractivity contribution in [3.05, 3.63) is 23.7 Å². The Morgan fingerprint density at radius 2 is 2.35 bits per heavy atom. The summed E-state index contributed by atoms with van der Waals surface area (Å²) in [5.74, 6) is 0.912. The van der Waals surface area contributed by atoms with Gasteiger partial charge in [-0.3, -0.25) is 4.79 Å². The molecule has 1 atom stereocenters. The number of hydrogen-bond acceptors (Lipinski definition) is 3. The quantitative estimate of drug-likeness (QED) is 0.800. The molecule has 0 aliphatic heterocycles. The van der Waals surface area contributed by atoms with E-state index in [1.807, 2.05) is 0 Å². The molecule has 1 heterocycles. The number of nitrogens with one attached hydrogen (secondary N) is 1. The molecule has 17 heavy (non-hydrogen) atoms. The maximum Gasteiger partial charge on any atom is 0.274 e. The van der Waals surface area contributed by atoms with Gasteiger partial charge in [0.15, 0.2) is 0 Å². The van der Waals surface area contributed by atoms with Crippen molar-refractivity contribution in [1.29, 1.82) is 0 Å². The minimum atomic E-state index is -0.193. The first kappa shape index (κ1) is 11.9. The minimum absolute atomic E-state index is 0.193. The molecular weight excluding hydrogens is 216 g/mol. The second kappa shape index (κ2) is 5.17. The van der Waals surface area contributed by atoms with Crippen molar-refractivity contribution in [2.24, 2.45) is 11.0 Å². The lowest BCUT2D eigenvalue weighted by Crippen LogP contribution is -2.24. The summed E-state index contributed by atoms with van der Waals surface area (Å²) in [6, 6.07) is 1.66. The van der Waals surface area contributed by atoms with E-state index in [1.54, 1.807) is 13.0 Å². The van der Waals surface area contributed by atoms with Crippen LogP contribution < -0.4 is 5.43 Å². The standard InChI is InChI=1S/C13H18N2O2/c1-9-5-3-4-6-12(9)14-15-13(16)11-7-8-17-10(11)2/h7-9H,3-6H2,1-2H3,(H,15,16)/t9-/m0/s1. The number of carbonyl (C=O) groups is 1. The van der Waals surface area contributed by atoms with Gasteiger partial charge in [-0.1, -0.05) is 13.3 Å². The van der Waals surface area contributed by atoms with E-state index in [0.717, 1.165) is 12.1 Å². The Morgan fingerprint density at radius 1 is 1.53 bits per heavy atom. The molecule has 4 heteroatoms. The summed E-state index contributed by atoms with van der Waals surface area (Å²) in [6.45, 7) is 3.93. The Bertz CT molecular complexity index is 434. The van der Waals surface area contributed by atoms with Crippen LogP contribution in [0.5, 0.6) is 0 Å². The Morgan fingerprint density at radius 3 is 3.00 bits per heavy atom. The fourth-order valence-electron chi connectivity index (χ4n) is 2.14. The number of furan rings is 1. The van der Waals surface area contributed by atoms with Crippen LogP contribution in [0.2, 0.25) is 0 Å². The first-order chi connectivity index (χ1) is 8.18. The average Bonchev–Trinajstić information content (AvgIpc) is 2.74. The summed E-state index contributed by atoms with van der Waals surface area (Å²) < 4.78 is 5.09. The third-order valence-corrected chi connectivity index (χ3v) is 3.29. The molecule has 1 saturated carbocycles. The van der Waals surface area contributed by atoms with Crippen LogP contribution in [0, 0.1) is 12.8 Å². The van der Waals surface area contributed by atoms with Crippen LogP contribution >= 0.6 is 0 Å². The lowest BCUT2D eigenvalue weighted by Gasteiger charge is -2.19. The van der Waals surface area contributed by atoms with Gasteiger partial charge < -0.3 is 4.42 Å². The molecular formula is C13H18N2O2. The van der Waals surface area contributed by atoms with Gasteiger partial charge in [-0.2, -0.15) is 5.10 Å². The summed E-state index contributed by atoms with van der Waals surface area (Å²) in [5, 5.41) is 4.24. The third-order valence-electron chi connectivity index (χ3n) is 3.29. The summed E-state index contributed by atoms with van der Waals surface area (Å²) in [6.07, 6.45) is 6.10. The smallest absolute Gasteiger partial charge is 0.274 e. The van der Waals surface area contributed by atoms with Gasteiger partial charge in [0.05, 0.1) is 11.8 Å². The van der Waals surface area contributed by atoms with Crippen LogP contribution in [0.1, 0.15) is 48.7 Å². The van der Waals surface area contributed by atoms with Crippen LogP contribution in [0.4, 0.5) is 0 Å². The first-order valence-corrected chi connectivity index (χ1v) is 6.09. The molecule has 1 aliphatic carbocycles. The Kier molecular flexibility index (Phi) is 3.61. The van der Waals surface area contributed by atoms with Gasteiger partial charge in [0.2, 0.25) is 0 Å². The molecule has 92 valence electrons. The highest BCUT2D eigenvalue weighted by Gasteiger charge is 2.17. The van der Waals surface area contributed by atoms with Gasteiger partial charge in [0.25, 0.3) is 5.91 Å². The highest BCUT2D eigenvalue weighted by molar-refractivity contribution is 5.96. The summed E-state index contributed by atoms with van der Waals surface area (Å²) >= 11 is 0. The SMILES string of the molecule is Cc1occc1C(=O)NN=C1CCCC[C@@H]1C. The van der Waals surface area contributed by atoms with E-state index in [0.29, 0.717) is 17.2 Å². The van der Waals surface area contributed by atoms with Gasteiger partial charge in [-0.25, -0.2) is 5.43 Å². The fraction of sp³-hybridized carbons (Fsp3) is 0.538. The lowest BCUT2D eigenvalue weighted by molar-refractivity contribution is 0.0953. The molecule has 0 saturated heterocycles. The molecule has 1 fully saturated rings. The summed E-state index contributed by atoms with van der Waals surface area (Å²) in [5.41, 5.74) is 4.27. The van der Waals surface area contributed by atoms with Gasteiger partial charge in [-0.05, 0) is 38.2 Å². The van der Waals surface area contributed by atoms with E-state index in [1.165, 1.54) is 25.5 Å². The Balaban J connectivity index is 2.00. The molecule has 1 amide bonds. The Labute approximate surface area is 101 Å². The number of nitrogens with zero attached hydrogens (tertiary/aromatic N) is 1. The van der Waals surface area contributed by atoms with Crippen LogP contribution in [0.3, 0.4) is 0 Å². The van der Waals surface area contributed by atoms with Gasteiger partial charge in [0, 0.05) is 5.71 Å². The molecule has 2 rings (SSSR count). The number of rotatable bonds is 2. The number of hydrogen-bond donors (Lipinski definition) is 1. The molecule has 0 unspecified atom stereocenters. The number of carbonyl (C=O) groups excluding carboxylic acids is 1. The molecule has 4 nitrogen and oxygen atoms in total. The maximum atomic E-state index is 11.8. The fourth-order valence-corrected chi connectivity index (χ4v) is 2.14. The van der Waals surface area contributed by atoms with Crippen molar-refractivity contribution in [2.45, 2.75) is 39.5 Å². The predicted octanol–water partition coefficient (Wildman–Crippen LogP) is 2.88. The van der Waals surface area contributed by atoms with E-state index in [-0.39, 0.29) is 5.91 Å². The topological polar surface area (TPSA) is 54.6 Å². The van der Waals surface area contributed by atoms with E-state index in [4.69, 9.17) is 4.42 Å². The highest BCUT2D eigenvalue weighted by Crippen LogP contribution is 2.20. The van der Waals surface area contributed by atoms with Crippen LogP contribution in [-0.2, 0) is 0 Å². The zero-order valence-corrected chi connectivity index (χ0v) is 10.3. The Hall–Kier alpha value is -1.58. The molecule has 0 aromatic carbocycles. The highest BCUT2D eigenvalue weighted by atomic mass is 16.3. The normalized spacial score (nSPS) is 22.7. The van der Waals surface area contributed by atoms with E-state index in [9.17, 15) is 4.79 Å². The van der Waals surface area contributed by atoms with E-state index >= 15 is 0 Å². The van der Waals surface area contributed by atoms with Crippen LogP contribution in [0.25, 0.3) is 0 Å². The minimum Gasteiger partial charge on any atom is -0.469 e. The van der Waals surface area contributed by atoms with Crippen LogP contribution in [-0.4, -0.2) is 11.6 Å². The second-order valence-corrected chi connectivity index (χ2v) is 4.58. The number of aryl methyl sites for hydroxylation is 1. The zero-order chi connectivity index (χ0) is 12.3. The third kappa shape index (κ3) is 2.75. The molecule has 1 aromatic rings. The lowest BCUT2D eigenvalue weighted by atomic mass is 9.89.